The third kappa shape index (κ3) is 4.31. The first-order valence-electron chi connectivity index (χ1n) is 10.3. The van der Waals surface area contributed by atoms with Crippen molar-refractivity contribution in [3.05, 3.63) is 65.7 Å². The number of aliphatic imine (C=N–C) groups is 1. The van der Waals surface area contributed by atoms with E-state index in [1.165, 1.54) is 13.0 Å². The number of amides is 4. The van der Waals surface area contributed by atoms with Crippen LogP contribution in [0.2, 0.25) is 0 Å². The summed E-state index contributed by atoms with van der Waals surface area (Å²) in [6.45, 7) is 3.04. The molecule has 0 aliphatic carbocycles. The lowest BCUT2D eigenvalue weighted by molar-refractivity contribution is -0.139. The number of urea groups is 1. The van der Waals surface area contributed by atoms with Gasteiger partial charge in [-0.05, 0) is 44.4 Å². The number of aryl methyl sites for hydroxylation is 1. The van der Waals surface area contributed by atoms with Gasteiger partial charge in [-0.1, -0.05) is 42.5 Å². The molecule has 1 saturated heterocycles. The van der Waals surface area contributed by atoms with Crippen molar-refractivity contribution in [2.45, 2.75) is 43.2 Å². The predicted molar refractivity (Wildman–Crippen MR) is 119 cm³/mol. The number of fused-ring (bicyclic) bond motifs is 1. The van der Waals surface area contributed by atoms with Crippen molar-refractivity contribution < 1.29 is 22.8 Å². The molecule has 3 N–H and O–H groups in total. The maximum Gasteiger partial charge on any atom is 0.344 e. The first kappa shape index (κ1) is 22.5. The van der Waals surface area contributed by atoms with Crippen LogP contribution in [0.1, 0.15) is 31.4 Å². The van der Waals surface area contributed by atoms with Crippen molar-refractivity contribution >= 4 is 33.7 Å². The number of nitrogens with zero attached hydrogens (tertiary/aromatic N) is 2. The van der Waals surface area contributed by atoms with E-state index in [9.17, 15) is 22.8 Å². The van der Waals surface area contributed by atoms with Gasteiger partial charge in [0.05, 0.1) is 4.90 Å². The summed E-state index contributed by atoms with van der Waals surface area (Å²) in [7, 11) is -3.75. The van der Waals surface area contributed by atoms with Gasteiger partial charge in [-0.15, -0.1) is 0 Å². The normalized spacial score (nSPS) is 23.1. The number of hydrogen-bond donors (Lipinski definition) is 3. The van der Waals surface area contributed by atoms with Gasteiger partial charge in [0, 0.05) is 5.56 Å². The second kappa shape index (κ2) is 8.32. The fraction of sp³-hybridized carbons (Fsp3) is 0.273. The Balaban J connectivity index is 1.44. The van der Waals surface area contributed by atoms with Crippen LogP contribution in [0.15, 0.2) is 64.5 Å². The lowest BCUT2D eigenvalue weighted by Gasteiger charge is -2.22. The number of sulfonamides is 1. The average Bonchev–Trinajstić information content (AvgIpc) is 3.17. The number of hydrazine groups is 1. The first-order valence-corrected chi connectivity index (χ1v) is 11.8. The van der Waals surface area contributed by atoms with Gasteiger partial charge in [-0.3, -0.25) is 24.7 Å². The summed E-state index contributed by atoms with van der Waals surface area (Å²) in [6.07, 6.45) is 0.916. The highest BCUT2D eigenvalue weighted by molar-refractivity contribution is 7.90. The minimum atomic E-state index is -3.75. The van der Waals surface area contributed by atoms with E-state index in [1.807, 2.05) is 30.3 Å². The molecule has 1 fully saturated rings. The highest BCUT2D eigenvalue weighted by atomic mass is 32.2. The molecule has 2 aliphatic rings. The molecule has 2 atom stereocenters. The monoisotopic (exact) mass is 469 g/mol. The van der Waals surface area contributed by atoms with E-state index in [1.54, 1.807) is 25.1 Å². The van der Waals surface area contributed by atoms with Crippen LogP contribution < -0.4 is 15.5 Å². The Morgan fingerprint density at radius 2 is 1.79 bits per heavy atom. The lowest BCUT2D eigenvalue weighted by Crippen LogP contribution is -2.51. The largest absolute Gasteiger partial charge is 0.344 e. The quantitative estimate of drug-likeness (QED) is 0.544. The first-order chi connectivity index (χ1) is 15.6. The Labute approximate surface area is 191 Å². The van der Waals surface area contributed by atoms with Crippen LogP contribution in [0.4, 0.5) is 4.79 Å². The van der Waals surface area contributed by atoms with Crippen molar-refractivity contribution in [3.8, 4) is 0 Å². The van der Waals surface area contributed by atoms with Gasteiger partial charge >= 0.3 is 6.03 Å². The topological polar surface area (TPSA) is 137 Å². The van der Waals surface area contributed by atoms with Crippen molar-refractivity contribution in [2.75, 3.05) is 0 Å². The molecule has 2 aromatic carbocycles. The minimum Gasteiger partial charge on any atom is -0.322 e. The number of amidine groups is 1. The van der Waals surface area contributed by atoms with Crippen LogP contribution in [0.25, 0.3) is 0 Å². The predicted octanol–water partition coefficient (Wildman–Crippen LogP) is 1.09. The van der Waals surface area contributed by atoms with Crippen LogP contribution in [-0.4, -0.2) is 48.7 Å². The Morgan fingerprint density at radius 3 is 2.52 bits per heavy atom. The number of hydrogen-bond acceptors (Lipinski definition) is 6. The van der Waals surface area contributed by atoms with Crippen molar-refractivity contribution in [2.24, 2.45) is 4.99 Å². The van der Waals surface area contributed by atoms with Gasteiger partial charge in [0.1, 0.15) is 17.4 Å². The zero-order valence-electron chi connectivity index (χ0n) is 18.0. The van der Waals surface area contributed by atoms with Gasteiger partial charge in [0.15, 0.2) is 0 Å². The molecule has 4 amide bonds. The molecule has 2 heterocycles. The SMILES string of the molecule is C[C@H](N=C1NS(=O)(=O)c2ccccc21)C(=O)NN1C(=O)NC(C)(CCc2ccccc2)C1=O. The standard InChI is InChI=1S/C22H23N5O5S/c1-14(23-18-16-10-6-7-11-17(16)33(31,32)26-18)19(28)25-27-20(29)22(2,24-21(27)30)13-12-15-8-4-3-5-9-15/h3-11,14H,12-13H2,1-2H3,(H,23,26)(H,24,30)(H,25,28)/t14-,22?/m0/s1. The van der Waals surface area contributed by atoms with Crippen LogP contribution in [-0.2, 0) is 26.0 Å². The Hall–Kier alpha value is -3.73. The molecule has 0 saturated carbocycles. The maximum absolute atomic E-state index is 12.9. The lowest BCUT2D eigenvalue weighted by atomic mass is 9.93. The summed E-state index contributed by atoms with van der Waals surface area (Å²) in [5.74, 6) is -1.29. The summed E-state index contributed by atoms with van der Waals surface area (Å²) >= 11 is 0. The summed E-state index contributed by atoms with van der Waals surface area (Å²) in [5, 5.41) is 3.29. The van der Waals surface area contributed by atoms with Crippen molar-refractivity contribution in [3.63, 3.8) is 0 Å². The molecule has 2 aliphatic heterocycles. The van der Waals surface area contributed by atoms with E-state index in [0.29, 0.717) is 23.4 Å². The summed E-state index contributed by atoms with van der Waals surface area (Å²) < 4.78 is 26.8. The Kier molecular flexibility index (Phi) is 5.66. The van der Waals surface area contributed by atoms with Crippen molar-refractivity contribution in [1.82, 2.24) is 20.5 Å². The van der Waals surface area contributed by atoms with Crippen LogP contribution in [0.5, 0.6) is 0 Å². The minimum absolute atomic E-state index is 0.0261. The molecular weight excluding hydrogens is 446 g/mol. The van der Waals surface area contributed by atoms with Crippen LogP contribution >= 0.6 is 0 Å². The third-order valence-corrected chi connectivity index (χ3v) is 7.00. The highest BCUT2D eigenvalue weighted by Gasteiger charge is 2.48. The fourth-order valence-corrected chi connectivity index (χ4v) is 4.92. The summed E-state index contributed by atoms with van der Waals surface area (Å²) in [4.78, 5) is 42.2. The smallest absolute Gasteiger partial charge is 0.322 e. The average molecular weight is 470 g/mol. The number of nitrogens with one attached hydrogen (secondary N) is 3. The molecule has 0 aromatic heterocycles. The molecule has 10 nitrogen and oxygen atoms in total. The third-order valence-electron chi connectivity index (χ3n) is 5.60. The zero-order valence-corrected chi connectivity index (χ0v) is 18.8. The zero-order chi connectivity index (χ0) is 23.8. The van der Waals surface area contributed by atoms with E-state index < -0.39 is 39.4 Å². The second-order valence-electron chi connectivity index (χ2n) is 8.12. The van der Waals surface area contributed by atoms with Crippen LogP contribution in [0.3, 0.4) is 0 Å². The number of carbonyl (C=O) groups excluding carboxylic acids is 3. The van der Waals surface area contributed by atoms with Gasteiger partial charge in [-0.25, -0.2) is 13.2 Å². The molecule has 4 rings (SSSR count). The van der Waals surface area contributed by atoms with E-state index >= 15 is 0 Å². The Bertz CT molecular complexity index is 1260. The summed E-state index contributed by atoms with van der Waals surface area (Å²) in [6, 6.07) is 14.0. The highest BCUT2D eigenvalue weighted by Crippen LogP contribution is 2.24. The molecule has 2 aromatic rings. The van der Waals surface area contributed by atoms with Crippen LogP contribution in [0, 0.1) is 0 Å². The fourth-order valence-electron chi connectivity index (χ4n) is 3.68. The number of carbonyl (C=O) groups is 3. The van der Waals surface area contributed by atoms with E-state index in [2.05, 4.69) is 20.5 Å². The van der Waals surface area contributed by atoms with Gasteiger partial charge in [0.25, 0.3) is 21.8 Å². The summed E-state index contributed by atoms with van der Waals surface area (Å²) in [5.41, 5.74) is 2.50. The van der Waals surface area contributed by atoms with Gasteiger partial charge in [0.2, 0.25) is 0 Å². The Morgan fingerprint density at radius 1 is 1.12 bits per heavy atom. The van der Waals surface area contributed by atoms with E-state index in [-0.39, 0.29) is 10.7 Å². The number of rotatable bonds is 6. The molecule has 0 spiro atoms. The van der Waals surface area contributed by atoms with E-state index in [0.717, 1.165) is 5.56 Å². The molecule has 33 heavy (non-hydrogen) atoms. The van der Waals surface area contributed by atoms with E-state index in [4.69, 9.17) is 0 Å². The number of benzene rings is 2. The molecular formula is C22H23N5O5S. The van der Waals surface area contributed by atoms with Gasteiger partial charge in [-0.2, -0.15) is 5.01 Å². The maximum atomic E-state index is 12.9. The molecule has 0 radical (unpaired) electrons. The molecule has 172 valence electrons. The van der Waals surface area contributed by atoms with Crippen molar-refractivity contribution in [1.29, 1.82) is 0 Å². The molecule has 11 heteroatoms. The molecule has 0 bridgehead atoms. The second-order valence-corrected chi connectivity index (χ2v) is 9.77. The number of imide groups is 1. The van der Waals surface area contributed by atoms with Gasteiger partial charge < -0.3 is 5.32 Å². The molecule has 1 unspecified atom stereocenters.